The molecule has 0 N–H and O–H groups in total. The number of carbonyl (C=O) groups excluding carboxylic acids is 6. The number of rotatable bonds is 32. The molecule has 0 heterocycles. The summed E-state index contributed by atoms with van der Waals surface area (Å²) < 4.78 is 73.8. The Kier molecular flexibility index (Phi) is 24.2. The zero-order chi connectivity index (χ0) is 53.1. The van der Waals surface area contributed by atoms with E-state index in [9.17, 15) is 28.8 Å². The first-order valence-corrected chi connectivity index (χ1v) is 23.5. The molecular weight excluding hydrogens is 969 g/mol. The zero-order valence-corrected chi connectivity index (χ0v) is 41.6. The van der Waals surface area contributed by atoms with Crippen molar-refractivity contribution in [3.8, 4) is 34.1 Å². The second-order valence-electron chi connectivity index (χ2n) is 16.0. The lowest BCUT2D eigenvalue weighted by Crippen LogP contribution is -2.16. The van der Waals surface area contributed by atoms with Crippen molar-refractivity contribution >= 4 is 36.2 Å². The highest BCUT2D eigenvalue weighted by Gasteiger charge is 2.27. The lowest BCUT2D eigenvalue weighted by molar-refractivity contribution is -0.141. The summed E-state index contributed by atoms with van der Waals surface area (Å²) in [5.74, 6) is -1.32. The Hall–Kier alpha value is -7.46. The van der Waals surface area contributed by atoms with Crippen molar-refractivity contribution < 1.29 is 95.1 Å². The molecule has 1 aliphatic rings. The number of hydrogen-bond donors (Lipinski definition) is 0. The molecule has 0 radical (unpaired) electrons. The SMILES string of the molecule is C=C(C)C(=O)OCCOCCOCCOCCOC(=O)Oc1ccc(C(=O)Oc2ccc3c(c2)C(C)c2cc(OC(=O)c4ccc(OC(=O)OCCOCCOCCOCCOC(=O)C(=C)C)cc4)ccc2-3)cc1. The van der Waals surface area contributed by atoms with Crippen molar-refractivity contribution in [3.63, 3.8) is 0 Å². The number of esters is 4. The summed E-state index contributed by atoms with van der Waals surface area (Å²) in [5.41, 5.74) is 4.81. The van der Waals surface area contributed by atoms with Gasteiger partial charge in [-0.3, -0.25) is 0 Å². The van der Waals surface area contributed by atoms with E-state index in [2.05, 4.69) is 13.2 Å². The van der Waals surface area contributed by atoms with Gasteiger partial charge in [0, 0.05) is 17.1 Å². The van der Waals surface area contributed by atoms with Crippen molar-refractivity contribution in [3.05, 3.63) is 131 Å². The summed E-state index contributed by atoms with van der Waals surface area (Å²) in [6.07, 6.45) is -1.88. The third kappa shape index (κ3) is 19.9. The van der Waals surface area contributed by atoms with E-state index >= 15 is 0 Å². The molecule has 4 aromatic carbocycles. The second-order valence-corrected chi connectivity index (χ2v) is 16.0. The van der Waals surface area contributed by atoms with E-state index in [1.807, 2.05) is 19.1 Å². The van der Waals surface area contributed by atoms with E-state index in [1.54, 1.807) is 38.1 Å². The monoisotopic (exact) mass is 1030 g/mol. The molecule has 0 fully saturated rings. The molecule has 0 spiro atoms. The highest BCUT2D eigenvalue weighted by molar-refractivity contribution is 5.93. The summed E-state index contributed by atoms with van der Waals surface area (Å²) >= 11 is 0. The Morgan fingerprint density at radius 2 is 0.662 bits per heavy atom. The molecule has 396 valence electrons. The number of benzene rings is 4. The van der Waals surface area contributed by atoms with E-state index < -0.39 is 36.2 Å². The van der Waals surface area contributed by atoms with Crippen LogP contribution in [-0.4, -0.2) is 142 Å². The minimum atomic E-state index is -0.942. The number of fused-ring (bicyclic) bond motifs is 3. The number of ether oxygens (including phenoxy) is 14. The van der Waals surface area contributed by atoms with Crippen molar-refractivity contribution in [2.45, 2.75) is 26.7 Å². The molecule has 0 saturated carbocycles. The van der Waals surface area contributed by atoms with Crippen LogP contribution in [0.3, 0.4) is 0 Å². The van der Waals surface area contributed by atoms with E-state index in [0.29, 0.717) is 62.3 Å². The predicted molar refractivity (Wildman–Crippen MR) is 263 cm³/mol. The zero-order valence-electron chi connectivity index (χ0n) is 41.6. The number of carbonyl (C=O) groups is 6. The number of hydrogen-bond acceptors (Lipinski definition) is 20. The average Bonchev–Trinajstić information content (AvgIpc) is 3.66. The minimum Gasteiger partial charge on any atom is -0.460 e. The minimum absolute atomic E-state index is 0.0516. The quantitative estimate of drug-likeness (QED) is 0.0114. The summed E-state index contributed by atoms with van der Waals surface area (Å²) in [6.45, 7) is 15.5. The van der Waals surface area contributed by atoms with Crippen molar-refractivity contribution in [2.24, 2.45) is 0 Å². The standard InChI is InChI=1S/C54H60O20/c1-36(2)49(55)67-30-26-63-22-18-61-20-24-65-28-32-69-53(59)73-41-10-6-39(7-11-41)51(57)71-43-14-16-45-46-17-15-44(35-48(46)38(5)47(45)34-43)72-52(58)40-8-12-42(13-9-40)74-54(60)70-33-29-66-25-21-62-19-23-64-27-31-68-50(56)37(3)4/h6-17,34-35,38H,1,3,18-33H2,2,4-5H3. The first kappa shape index (κ1) is 57.4. The average molecular weight is 1030 g/mol. The van der Waals surface area contributed by atoms with E-state index in [0.717, 1.165) is 22.3 Å². The molecule has 1 aliphatic carbocycles. The molecule has 0 amide bonds. The van der Waals surface area contributed by atoms with Gasteiger partial charge in [-0.25, -0.2) is 28.8 Å². The fraction of sp³-hybridized carbons (Fsp3) is 0.370. The van der Waals surface area contributed by atoms with Gasteiger partial charge in [-0.15, -0.1) is 0 Å². The molecule has 0 atom stereocenters. The van der Waals surface area contributed by atoms with Crippen LogP contribution in [0.4, 0.5) is 9.59 Å². The van der Waals surface area contributed by atoms with Crippen LogP contribution in [0.2, 0.25) is 0 Å². The smallest absolute Gasteiger partial charge is 0.460 e. The van der Waals surface area contributed by atoms with E-state index in [4.69, 9.17) is 66.3 Å². The van der Waals surface area contributed by atoms with Crippen LogP contribution in [0.15, 0.2) is 109 Å². The predicted octanol–water partition coefficient (Wildman–Crippen LogP) is 7.63. The van der Waals surface area contributed by atoms with Gasteiger partial charge in [0.05, 0.1) is 90.4 Å². The third-order valence-corrected chi connectivity index (χ3v) is 10.3. The van der Waals surface area contributed by atoms with Crippen molar-refractivity contribution in [1.29, 1.82) is 0 Å². The van der Waals surface area contributed by atoms with Crippen molar-refractivity contribution in [1.82, 2.24) is 0 Å². The van der Waals surface area contributed by atoms with E-state index in [1.165, 1.54) is 48.5 Å². The normalized spacial score (nSPS) is 11.4. The van der Waals surface area contributed by atoms with Gasteiger partial charge < -0.3 is 66.3 Å². The highest BCUT2D eigenvalue weighted by atomic mass is 16.7. The van der Waals surface area contributed by atoms with Gasteiger partial charge in [-0.1, -0.05) is 32.2 Å². The molecule has 0 unspecified atom stereocenters. The molecule has 0 aliphatic heterocycles. The van der Waals surface area contributed by atoms with Gasteiger partial charge in [-0.05, 0) is 109 Å². The fourth-order valence-corrected chi connectivity index (χ4v) is 6.57. The summed E-state index contributed by atoms with van der Waals surface area (Å²) in [5, 5.41) is 0. The topological polar surface area (TPSA) is 232 Å². The summed E-state index contributed by atoms with van der Waals surface area (Å²) in [4.78, 5) is 73.1. The fourth-order valence-electron chi connectivity index (χ4n) is 6.57. The molecule has 4 aromatic rings. The van der Waals surface area contributed by atoms with Crippen LogP contribution in [0, 0.1) is 0 Å². The first-order chi connectivity index (χ1) is 35.8. The summed E-state index contributed by atoms with van der Waals surface area (Å²) in [7, 11) is 0. The molecule has 0 bridgehead atoms. The lowest BCUT2D eigenvalue weighted by atomic mass is 9.99. The largest absolute Gasteiger partial charge is 0.513 e. The van der Waals surface area contributed by atoms with Gasteiger partial charge in [0.25, 0.3) is 0 Å². The maximum absolute atomic E-state index is 13.1. The Morgan fingerprint density at radius 3 is 0.973 bits per heavy atom. The molecule has 0 saturated heterocycles. The van der Waals surface area contributed by atoms with Gasteiger partial charge in [0.1, 0.15) is 49.4 Å². The molecule has 20 heteroatoms. The maximum Gasteiger partial charge on any atom is 0.513 e. The molecule has 74 heavy (non-hydrogen) atoms. The third-order valence-electron chi connectivity index (χ3n) is 10.3. The molecule has 20 nitrogen and oxygen atoms in total. The van der Waals surface area contributed by atoms with Crippen LogP contribution < -0.4 is 18.9 Å². The second kappa shape index (κ2) is 31.2. The Morgan fingerprint density at radius 1 is 0.378 bits per heavy atom. The Labute approximate surface area is 428 Å². The van der Waals surface area contributed by atoms with Crippen LogP contribution in [0.1, 0.15) is 58.5 Å². The van der Waals surface area contributed by atoms with Gasteiger partial charge in [0.2, 0.25) is 0 Å². The van der Waals surface area contributed by atoms with Gasteiger partial charge in [-0.2, -0.15) is 0 Å². The van der Waals surface area contributed by atoms with Gasteiger partial charge >= 0.3 is 36.2 Å². The Bertz CT molecular complexity index is 2340. The molecule has 0 aromatic heterocycles. The van der Waals surface area contributed by atoms with E-state index in [-0.39, 0.29) is 94.6 Å². The highest BCUT2D eigenvalue weighted by Crippen LogP contribution is 2.47. The van der Waals surface area contributed by atoms with Crippen LogP contribution in [-0.2, 0) is 57.0 Å². The van der Waals surface area contributed by atoms with Gasteiger partial charge in [0.15, 0.2) is 0 Å². The maximum atomic E-state index is 13.1. The molecular formula is C54H60O20. The van der Waals surface area contributed by atoms with Crippen LogP contribution >= 0.6 is 0 Å². The van der Waals surface area contributed by atoms with Crippen LogP contribution in [0.5, 0.6) is 23.0 Å². The van der Waals surface area contributed by atoms with Crippen molar-refractivity contribution in [2.75, 3.05) is 106 Å². The van der Waals surface area contributed by atoms with Crippen LogP contribution in [0.25, 0.3) is 11.1 Å². The summed E-state index contributed by atoms with van der Waals surface area (Å²) in [6, 6.07) is 22.3. The first-order valence-electron chi connectivity index (χ1n) is 23.5. The lowest BCUT2D eigenvalue weighted by Gasteiger charge is -2.11. The Balaban J connectivity index is 0.937. The molecule has 5 rings (SSSR count).